The van der Waals surface area contributed by atoms with Gasteiger partial charge in [-0.05, 0) is 18.6 Å². The SMILES string of the molecule is CCOC(=O)c1coc(CNCc2ccccc2)c1. The van der Waals surface area contributed by atoms with Gasteiger partial charge in [0.05, 0.1) is 18.7 Å². The molecule has 0 aliphatic heterocycles. The summed E-state index contributed by atoms with van der Waals surface area (Å²) in [4.78, 5) is 11.5. The Bertz CT molecular complexity index is 519. The van der Waals surface area contributed by atoms with E-state index in [1.807, 2.05) is 18.2 Å². The summed E-state index contributed by atoms with van der Waals surface area (Å²) in [7, 11) is 0. The third kappa shape index (κ3) is 3.96. The van der Waals surface area contributed by atoms with Crippen LogP contribution in [-0.2, 0) is 17.8 Å². The Balaban J connectivity index is 1.82. The number of furan rings is 1. The van der Waals surface area contributed by atoms with E-state index in [0.29, 0.717) is 18.7 Å². The molecule has 100 valence electrons. The number of hydrogen-bond acceptors (Lipinski definition) is 4. The molecule has 4 heteroatoms. The highest BCUT2D eigenvalue weighted by atomic mass is 16.5. The number of esters is 1. The number of benzene rings is 1. The standard InChI is InChI=1S/C15H17NO3/c1-2-18-15(17)13-8-14(19-11-13)10-16-9-12-6-4-3-5-7-12/h3-8,11,16H,2,9-10H2,1H3. The molecule has 0 aliphatic carbocycles. The lowest BCUT2D eigenvalue weighted by Crippen LogP contribution is -2.12. The van der Waals surface area contributed by atoms with Crippen LogP contribution >= 0.6 is 0 Å². The molecule has 0 amide bonds. The van der Waals surface area contributed by atoms with Crippen LogP contribution in [0.3, 0.4) is 0 Å². The number of rotatable bonds is 6. The van der Waals surface area contributed by atoms with Gasteiger partial charge in [-0.25, -0.2) is 4.79 Å². The maximum atomic E-state index is 11.5. The van der Waals surface area contributed by atoms with Crippen molar-refractivity contribution < 1.29 is 13.9 Å². The molecule has 0 spiro atoms. The van der Waals surface area contributed by atoms with Gasteiger partial charge in [-0.1, -0.05) is 30.3 Å². The summed E-state index contributed by atoms with van der Waals surface area (Å²) in [6, 6.07) is 11.8. The first-order valence-corrected chi connectivity index (χ1v) is 6.28. The van der Waals surface area contributed by atoms with Gasteiger partial charge in [0.2, 0.25) is 0 Å². The second-order valence-electron chi connectivity index (χ2n) is 4.11. The van der Waals surface area contributed by atoms with Crippen LogP contribution in [0.15, 0.2) is 47.1 Å². The van der Waals surface area contributed by atoms with E-state index in [1.54, 1.807) is 13.0 Å². The molecule has 0 fully saturated rings. The fourth-order valence-corrected chi connectivity index (χ4v) is 1.72. The lowest BCUT2D eigenvalue weighted by atomic mass is 10.2. The molecular weight excluding hydrogens is 242 g/mol. The van der Waals surface area contributed by atoms with E-state index in [4.69, 9.17) is 9.15 Å². The summed E-state index contributed by atoms with van der Waals surface area (Å²) in [6.45, 7) is 3.48. The minimum atomic E-state index is -0.347. The van der Waals surface area contributed by atoms with E-state index in [2.05, 4.69) is 17.4 Å². The smallest absolute Gasteiger partial charge is 0.341 e. The molecule has 0 saturated heterocycles. The number of ether oxygens (including phenoxy) is 1. The Morgan fingerprint density at radius 3 is 2.79 bits per heavy atom. The summed E-state index contributed by atoms with van der Waals surface area (Å²) in [5.74, 6) is 0.375. The molecule has 2 aromatic rings. The predicted molar refractivity (Wildman–Crippen MR) is 71.7 cm³/mol. The molecule has 0 saturated carbocycles. The van der Waals surface area contributed by atoms with Crippen LogP contribution in [0.1, 0.15) is 28.6 Å². The largest absolute Gasteiger partial charge is 0.467 e. The van der Waals surface area contributed by atoms with Crippen molar-refractivity contribution in [2.75, 3.05) is 6.61 Å². The fourth-order valence-electron chi connectivity index (χ4n) is 1.72. The van der Waals surface area contributed by atoms with Gasteiger partial charge in [-0.2, -0.15) is 0 Å². The van der Waals surface area contributed by atoms with Crippen LogP contribution in [0.25, 0.3) is 0 Å². The van der Waals surface area contributed by atoms with Crippen LogP contribution in [0, 0.1) is 0 Å². The molecule has 2 rings (SSSR count). The van der Waals surface area contributed by atoms with Gasteiger partial charge in [0.1, 0.15) is 12.0 Å². The van der Waals surface area contributed by atoms with Crippen molar-refractivity contribution in [3.8, 4) is 0 Å². The third-order valence-electron chi connectivity index (χ3n) is 2.64. The Kier molecular flexibility index (Phi) is 4.75. The zero-order valence-corrected chi connectivity index (χ0v) is 10.9. The van der Waals surface area contributed by atoms with E-state index >= 15 is 0 Å². The van der Waals surface area contributed by atoms with Crippen LogP contribution in [0.5, 0.6) is 0 Å². The van der Waals surface area contributed by atoms with Crippen molar-refractivity contribution >= 4 is 5.97 Å². The molecule has 0 unspecified atom stereocenters. The molecule has 1 N–H and O–H groups in total. The van der Waals surface area contributed by atoms with Gasteiger partial charge < -0.3 is 14.5 Å². The van der Waals surface area contributed by atoms with Gasteiger partial charge in [0.25, 0.3) is 0 Å². The van der Waals surface area contributed by atoms with Gasteiger partial charge in [-0.3, -0.25) is 0 Å². The molecule has 0 aliphatic rings. The predicted octanol–water partition coefficient (Wildman–Crippen LogP) is 2.75. The summed E-state index contributed by atoms with van der Waals surface area (Å²) in [5.41, 5.74) is 1.66. The van der Waals surface area contributed by atoms with Crippen LogP contribution in [0.2, 0.25) is 0 Å². The maximum absolute atomic E-state index is 11.5. The van der Waals surface area contributed by atoms with Crippen molar-refractivity contribution in [1.82, 2.24) is 5.32 Å². The van der Waals surface area contributed by atoms with E-state index in [9.17, 15) is 4.79 Å². The highest BCUT2D eigenvalue weighted by Gasteiger charge is 2.10. The van der Waals surface area contributed by atoms with Gasteiger partial charge in [0, 0.05) is 6.54 Å². The van der Waals surface area contributed by atoms with Crippen LogP contribution < -0.4 is 5.32 Å². The molecule has 4 nitrogen and oxygen atoms in total. The molecular formula is C15H17NO3. The summed E-state index contributed by atoms with van der Waals surface area (Å²) in [5, 5.41) is 3.26. The highest BCUT2D eigenvalue weighted by molar-refractivity contribution is 5.89. The zero-order chi connectivity index (χ0) is 13.5. The number of carbonyl (C=O) groups excluding carboxylic acids is 1. The normalized spacial score (nSPS) is 10.4. The molecule has 0 bridgehead atoms. The monoisotopic (exact) mass is 259 g/mol. The molecule has 1 heterocycles. The lowest BCUT2D eigenvalue weighted by Gasteiger charge is -2.02. The quantitative estimate of drug-likeness (QED) is 0.810. The Labute approximate surface area is 112 Å². The van der Waals surface area contributed by atoms with E-state index in [0.717, 1.165) is 12.3 Å². The average Bonchev–Trinajstić information content (AvgIpc) is 2.89. The van der Waals surface area contributed by atoms with Crippen molar-refractivity contribution in [2.45, 2.75) is 20.0 Å². The second kappa shape index (κ2) is 6.75. The fraction of sp³-hybridized carbons (Fsp3) is 0.267. The van der Waals surface area contributed by atoms with Gasteiger partial charge in [0.15, 0.2) is 0 Å². The number of carbonyl (C=O) groups is 1. The summed E-state index contributed by atoms with van der Waals surface area (Å²) in [6.07, 6.45) is 1.43. The summed E-state index contributed by atoms with van der Waals surface area (Å²) >= 11 is 0. The minimum absolute atomic E-state index is 0.347. The molecule has 0 atom stereocenters. The van der Waals surface area contributed by atoms with Crippen molar-refractivity contribution in [2.24, 2.45) is 0 Å². The Morgan fingerprint density at radius 1 is 1.26 bits per heavy atom. The molecule has 1 aromatic heterocycles. The summed E-state index contributed by atoms with van der Waals surface area (Å²) < 4.78 is 10.2. The first kappa shape index (κ1) is 13.4. The number of hydrogen-bond donors (Lipinski definition) is 1. The van der Waals surface area contributed by atoms with Crippen LogP contribution in [-0.4, -0.2) is 12.6 Å². The van der Waals surface area contributed by atoms with E-state index in [1.165, 1.54) is 11.8 Å². The molecule has 19 heavy (non-hydrogen) atoms. The van der Waals surface area contributed by atoms with E-state index < -0.39 is 0 Å². The van der Waals surface area contributed by atoms with Gasteiger partial charge >= 0.3 is 5.97 Å². The van der Waals surface area contributed by atoms with Crippen molar-refractivity contribution in [3.05, 3.63) is 59.5 Å². The first-order chi connectivity index (χ1) is 9.29. The third-order valence-corrected chi connectivity index (χ3v) is 2.64. The van der Waals surface area contributed by atoms with Crippen LogP contribution in [0.4, 0.5) is 0 Å². The Hall–Kier alpha value is -2.07. The number of nitrogens with one attached hydrogen (secondary N) is 1. The van der Waals surface area contributed by atoms with E-state index in [-0.39, 0.29) is 5.97 Å². The average molecular weight is 259 g/mol. The Morgan fingerprint density at radius 2 is 2.05 bits per heavy atom. The zero-order valence-electron chi connectivity index (χ0n) is 10.9. The first-order valence-electron chi connectivity index (χ1n) is 6.28. The maximum Gasteiger partial charge on any atom is 0.341 e. The second-order valence-corrected chi connectivity index (χ2v) is 4.11. The minimum Gasteiger partial charge on any atom is -0.467 e. The lowest BCUT2D eigenvalue weighted by molar-refractivity contribution is 0.0525. The molecule has 0 radical (unpaired) electrons. The topological polar surface area (TPSA) is 51.5 Å². The van der Waals surface area contributed by atoms with Gasteiger partial charge in [-0.15, -0.1) is 0 Å². The van der Waals surface area contributed by atoms with Crippen molar-refractivity contribution in [1.29, 1.82) is 0 Å². The molecule has 1 aromatic carbocycles. The van der Waals surface area contributed by atoms with Crippen molar-refractivity contribution in [3.63, 3.8) is 0 Å². The highest BCUT2D eigenvalue weighted by Crippen LogP contribution is 2.09.